The van der Waals surface area contributed by atoms with Crippen LogP contribution in [0, 0.1) is 0 Å². The molecule has 0 spiro atoms. The number of carbonyl (C=O) groups is 1. The third-order valence-electron chi connectivity index (χ3n) is 2.64. The second kappa shape index (κ2) is 6.51. The Bertz CT molecular complexity index is 807. The van der Waals surface area contributed by atoms with Crippen molar-refractivity contribution in [1.82, 2.24) is 4.98 Å². The van der Waals surface area contributed by atoms with E-state index in [4.69, 9.17) is 23.2 Å². The van der Waals surface area contributed by atoms with Crippen molar-refractivity contribution in [3.05, 3.63) is 52.3 Å². The van der Waals surface area contributed by atoms with Crippen LogP contribution in [-0.2, 0) is 14.8 Å². The molecule has 0 saturated carbocycles. The van der Waals surface area contributed by atoms with E-state index < -0.39 is 16.0 Å². The van der Waals surface area contributed by atoms with E-state index >= 15 is 0 Å². The van der Waals surface area contributed by atoms with Crippen LogP contribution in [0.1, 0.15) is 10.4 Å². The van der Waals surface area contributed by atoms with Crippen LogP contribution < -0.4 is 4.72 Å². The molecule has 0 aliphatic carbocycles. The van der Waals surface area contributed by atoms with Gasteiger partial charge in [-0.1, -0.05) is 23.2 Å². The summed E-state index contributed by atoms with van der Waals surface area (Å²) in [5.74, 6) is -0.606. The van der Waals surface area contributed by atoms with Crippen LogP contribution in [0.5, 0.6) is 0 Å². The van der Waals surface area contributed by atoms with Gasteiger partial charge < -0.3 is 4.74 Å². The first-order valence-corrected chi connectivity index (χ1v) is 8.09. The van der Waals surface area contributed by atoms with Crippen molar-refractivity contribution in [2.45, 2.75) is 4.90 Å². The van der Waals surface area contributed by atoms with Gasteiger partial charge in [-0.3, -0.25) is 4.72 Å². The minimum absolute atomic E-state index is 0.0551. The van der Waals surface area contributed by atoms with Gasteiger partial charge >= 0.3 is 5.97 Å². The summed E-state index contributed by atoms with van der Waals surface area (Å²) in [5.41, 5.74) is 0.221. The molecule has 2 aromatic rings. The molecule has 0 unspecified atom stereocenters. The molecule has 1 aromatic heterocycles. The van der Waals surface area contributed by atoms with Crippen LogP contribution >= 0.6 is 23.2 Å². The summed E-state index contributed by atoms with van der Waals surface area (Å²) >= 11 is 11.6. The Morgan fingerprint density at radius 3 is 2.55 bits per heavy atom. The molecule has 116 valence electrons. The van der Waals surface area contributed by atoms with Crippen molar-refractivity contribution in [3.63, 3.8) is 0 Å². The fourth-order valence-electron chi connectivity index (χ4n) is 1.57. The van der Waals surface area contributed by atoms with E-state index in [1.807, 2.05) is 0 Å². The van der Waals surface area contributed by atoms with Crippen LogP contribution in [0.2, 0.25) is 10.2 Å². The van der Waals surface area contributed by atoms with Crippen molar-refractivity contribution in [2.75, 3.05) is 11.8 Å². The number of rotatable bonds is 4. The van der Waals surface area contributed by atoms with Gasteiger partial charge in [0.25, 0.3) is 10.0 Å². The maximum absolute atomic E-state index is 12.2. The topological polar surface area (TPSA) is 85.4 Å². The molecule has 9 heteroatoms. The Balaban J connectivity index is 2.37. The molecule has 0 saturated heterocycles. The molecule has 0 aliphatic heterocycles. The lowest BCUT2D eigenvalue weighted by Gasteiger charge is -2.10. The minimum atomic E-state index is -3.91. The quantitative estimate of drug-likeness (QED) is 0.669. The minimum Gasteiger partial charge on any atom is -0.465 e. The van der Waals surface area contributed by atoms with Gasteiger partial charge in [-0.25, -0.2) is 18.2 Å². The smallest absolute Gasteiger partial charge is 0.337 e. The first kappa shape index (κ1) is 16.5. The molecular weight excluding hydrogens is 351 g/mol. The van der Waals surface area contributed by atoms with Crippen LogP contribution in [0.15, 0.2) is 41.4 Å². The molecule has 0 radical (unpaired) electrons. The Hall–Kier alpha value is -1.83. The molecule has 1 heterocycles. The molecule has 6 nitrogen and oxygen atoms in total. The highest BCUT2D eigenvalue weighted by Gasteiger charge is 2.17. The number of esters is 1. The summed E-state index contributed by atoms with van der Waals surface area (Å²) in [7, 11) is -2.69. The lowest BCUT2D eigenvalue weighted by Crippen LogP contribution is -2.14. The van der Waals surface area contributed by atoms with Crippen LogP contribution in [0.3, 0.4) is 0 Å². The summed E-state index contributed by atoms with van der Waals surface area (Å²) in [4.78, 5) is 15.1. The Kier molecular flexibility index (Phi) is 4.90. The lowest BCUT2D eigenvalue weighted by molar-refractivity contribution is 0.0601. The Morgan fingerprint density at radius 2 is 1.95 bits per heavy atom. The number of nitrogens with one attached hydrogen (secondary N) is 1. The second-order valence-electron chi connectivity index (χ2n) is 4.11. The van der Waals surface area contributed by atoms with Crippen molar-refractivity contribution in [2.24, 2.45) is 0 Å². The van der Waals surface area contributed by atoms with Crippen molar-refractivity contribution in [3.8, 4) is 0 Å². The zero-order valence-electron chi connectivity index (χ0n) is 11.2. The SMILES string of the molecule is COC(=O)c1ccc(Cl)c(NS(=O)(=O)c2ccc(Cl)nc2)c1. The second-order valence-corrected chi connectivity index (χ2v) is 6.59. The highest BCUT2D eigenvalue weighted by molar-refractivity contribution is 7.92. The van der Waals surface area contributed by atoms with Crippen molar-refractivity contribution in [1.29, 1.82) is 0 Å². The average molecular weight is 361 g/mol. The number of methoxy groups -OCH3 is 1. The number of hydrogen-bond acceptors (Lipinski definition) is 5. The average Bonchev–Trinajstić information content (AvgIpc) is 2.49. The number of sulfonamides is 1. The molecule has 1 N–H and O–H groups in total. The molecule has 1 aromatic carbocycles. The van der Waals surface area contributed by atoms with Crippen molar-refractivity contribution < 1.29 is 17.9 Å². The number of anilines is 1. The van der Waals surface area contributed by atoms with Gasteiger partial charge in [0.1, 0.15) is 10.0 Å². The third kappa shape index (κ3) is 3.68. The van der Waals surface area contributed by atoms with Crippen LogP contribution in [0.4, 0.5) is 5.69 Å². The van der Waals surface area contributed by atoms with Crippen molar-refractivity contribution >= 4 is 44.9 Å². The standard InChI is InChI=1S/C13H10Cl2N2O4S/c1-21-13(18)8-2-4-10(14)11(6-8)17-22(19,20)9-3-5-12(15)16-7-9/h2-7,17H,1H3. The number of halogens is 2. The van der Waals surface area contributed by atoms with Gasteiger partial charge in [0, 0.05) is 6.20 Å². The Labute approximate surface area is 137 Å². The van der Waals surface area contributed by atoms with Crippen LogP contribution in [-0.4, -0.2) is 26.5 Å². The zero-order valence-corrected chi connectivity index (χ0v) is 13.5. The summed E-state index contributed by atoms with van der Waals surface area (Å²) in [6.45, 7) is 0. The van der Waals surface area contributed by atoms with E-state index in [9.17, 15) is 13.2 Å². The van der Waals surface area contributed by atoms with E-state index in [1.54, 1.807) is 0 Å². The fraction of sp³-hybridized carbons (Fsp3) is 0.0769. The number of carbonyl (C=O) groups excluding carboxylic acids is 1. The summed E-state index contributed by atoms with van der Waals surface area (Å²) in [6, 6.07) is 6.76. The van der Waals surface area contributed by atoms with Gasteiger partial charge in [0.05, 0.1) is 23.4 Å². The molecular formula is C13H10Cl2N2O4S. The monoisotopic (exact) mass is 360 g/mol. The third-order valence-corrected chi connectivity index (χ3v) is 4.55. The molecule has 2 rings (SSSR count). The summed E-state index contributed by atoms with van der Waals surface area (Å²) in [6.07, 6.45) is 1.11. The highest BCUT2D eigenvalue weighted by Crippen LogP contribution is 2.26. The molecule has 22 heavy (non-hydrogen) atoms. The fourth-order valence-corrected chi connectivity index (χ4v) is 2.92. The van der Waals surface area contributed by atoms with E-state index in [0.717, 1.165) is 6.20 Å². The van der Waals surface area contributed by atoms with E-state index in [0.29, 0.717) is 0 Å². The maximum atomic E-state index is 12.2. The molecule has 0 fully saturated rings. The number of hydrogen-bond donors (Lipinski definition) is 1. The lowest BCUT2D eigenvalue weighted by atomic mass is 10.2. The number of benzene rings is 1. The Morgan fingerprint density at radius 1 is 1.23 bits per heavy atom. The number of aromatic nitrogens is 1. The summed E-state index contributed by atoms with van der Waals surface area (Å²) in [5, 5.41) is 0.308. The molecule has 0 aliphatic rings. The predicted molar refractivity (Wildman–Crippen MR) is 82.8 cm³/mol. The van der Waals surface area contributed by atoms with Crippen LogP contribution in [0.25, 0.3) is 0 Å². The predicted octanol–water partition coefficient (Wildman–Crippen LogP) is 2.98. The zero-order chi connectivity index (χ0) is 16.3. The number of nitrogens with zero attached hydrogens (tertiary/aromatic N) is 1. The largest absolute Gasteiger partial charge is 0.465 e. The molecule has 0 atom stereocenters. The van der Waals surface area contributed by atoms with Gasteiger partial charge in [0.2, 0.25) is 0 Å². The van der Waals surface area contributed by atoms with E-state index in [2.05, 4.69) is 14.4 Å². The maximum Gasteiger partial charge on any atom is 0.337 e. The normalized spacial score (nSPS) is 11.0. The number of pyridine rings is 1. The highest BCUT2D eigenvalue weighted by atomic mass is 35.5. The summed E-state index contributed by atoms with van der Waals surface area (Å²) < 4.78 is 31.4. The van der Waals surface area contributed by atoms with Gasteiger partial charge in [-0.15, -0.1) is 0 Å². The molecule has 0 amide bonds. The van der Waals surface area contributed by atoms with Gasteiger partial charge in [0.15, 0.2) is 0 Å². The van der Waals surface area contributed by atoms with Gasteiger partial charge in [-0.05, 0) is 30.3 Å². The first-order chi connectivity index (χ1) is 10.3. The first-order valence-electron chi connectivity index (χ1n) is 5.86. The van der Waals surface area contributed by atoms with Gasteiger partial charge in [-0.2, -0.15) is 0 Å². The number of ether oxygens (including phenoxy) is 1. The molecule has 0 bridgehead atoms. The van der Waals surface area contributed by atoms with E-state index in [1.165, 1.54) is 37.4 Å². The van der Waals surface area contributed by atoms with E-state index in [-0.39, 0.29) is 26.3 Å².